The van der Waals surface area contributed by atoms with Crippen molar-refractivity contribution in [2.75, 3.05) is 13.7 Å². The number of hydrogen-bond donors (Lipinski definition) is 2. The Labute approximate surface area is 106 Å². The summed E-state index contributed by atoms with van der Waals surface area (Å²) in [4.78, 5) is 0. The van der Waals surface area contributed by atoms with Gasteiger partial charge in [-0.1, -0.05) is 35.3 Å². The summed E-state index contributed by atoms with van der Waals surface area (Å²) in [5.74, 6) is 0. The van der Waals surface area contributed by atoms with Gasteiger partial charge in [0.05, 0.1) is 22.2 Å². The molecule has 1 aromatic carbocycles. The summed E-state index contributed by atoms with van der Waals surface area (Å²) < 4.78 is 0. The molecule has 16 heavy (non-hydrogen) atoms. The number of halogens is 2. The summed E-state index contributed by atoms with van der Waals surface area (Å²) in [5.41, 5.74) is 0.350. The van der Waals surface area contributed by atoms with Gasteiger partial charge in [0.1, 0.15) is 0 Å². The van der Waals surface area contributed by atoms with Gasteiger partial charge in [-0.25, -0.2) is 0 Å². The van der Waals surface area contributed by atoms with Gasteiger partial charge in [-0.05, 0) is 31.2 Å². The third kappa shape index (κ3) is 2.58. The maximum Gasteiger partial charge on any atom is 0.0701 e. The fourth-order valence-corrected chi connectivity index (χ4v) is 1.94. The van der Waals surface area contributed by atoms with Crippen molar-refractivity contribution in [1.82, 2.24) is 5.32 Å². The molecule has 0 saturated heterocycles. The SMILES string of the molecule is C=CCC(CO)(NC)c1ccc(Cl)c(Cl)c1. The van der Waals surface area contributed by atoms with E-state index in [-0.39, 0.29) is 6.61 Å². The van der Waals surface area contributed by atoms with E-state index in [9.17, 15) is 5.11 Å². The largest absolute Gasteiger partial charge is 0.394 e. The number of hydrogen-bond acceptors (Lipinski definition) is 2. The van der Waals surface area contributed by atoms with E-state index in [1.54, 1.807) is 25.3 Å². The van der Waals surface area contributed by atoms with Gasteiger partial charge in [0.25, 0.3) is 0 Å². The molecule has 1 rings (SSSR count). The van der Waals surface area contributed by atoms with Gasteiger partial charge in [-0.15, -0.1) is 6.58 Å². The highest BCUT2D eigenvalue weighted by Crippen LogP contribution is 2.30. The minimum atomic E-state index is -0.546. The van der Waals surface area contributed by atoms with Gasteiger partial charge in [-0.2, -0.15) is 0 Å². The smallest absolute Gasteiger partial charge is 0.0701 e. The molecule has 1 atom stereocenters. The van der Waals surface area contributed by atoms with Crippen LogP contribution >= 0.6 is 23.2 Å². The maximum atomic E-state index is 9.53. The summed E-state index contributed by atoms with van der Waals surface area (Å²) in [7, 11) is 1.79. The van der Waals surface area contributed by atoms with Crippen LogP contribution in [0.5, 0.6) is 0 Å². The van der Waals surface area contributed by atoms with Crippen LogP contribution in [0.25, 0.3) is 0 Å². The van der Waals surface area contributed by atoms with Crippen LogP contribution in [0.2, 0.25) is 10.0 Å². The monoisotopic (exact) mass is 259 g/mol. The van der Waals surface area contributed by atoms with Crippen molar-refractivity contribution in [2.24, 2.45) is 0 Å². The van der Waals surface area contributed by atoms with E-state index in [0.29, 0.717) is 16.5 Å². The summed E-state index contributed by atoms with van der Waals surface area (Å²) in [6.45, 7) is 3.66. The van der Waals surface area contributed by atoms with E-state index in [2.05, 4.69) is 11.9 Å². The predicted molar refractivity (Wildman–Crippen MR) is 69.1 cm³/mol. The number of aliphatic hydroxyl groups excluding tert-OH is 1. The number of benzene rings is 1. The van der Waals surface area contributed by atoms with Crippen molar-refractivity contribution in [3.05, 3.63) is 46.5 Å². The Morgan fingerprint density at radius 1 is 1.44 bits per heavy atom. The first kappa shape index (κ1) is 13.5. The summed E-state index contributed by atoms with van der Waals surface area (Å²) in [5, 5.41) is 13.6. The molecule has 0 aromatic heterocycles. The normalized spacial score (nSPS) is 14.5. The molecule has 1 aromatic rings. The Hall–Kier alpha value is -0.540. The Morgan fingerprint density at radius 2 is 2.12 bits per heavy atom. The quantitative estimate of drug-likeness (QED) is 0.798. The van der Waals surface area contributed by atoms with Crippen LogP contribution in [0.1, 0.15) is 12.0 Å². The standard InChI is InChI=1S/C12H15Cl2NO/c1-3-6-12(8-16,15-2)9-4-5-10(13)11(14)7-9/h3-5,7,15-16H,1,6,8H2,2H3. The number of likely N-dealkylation sites (N-methyl/N-ethyl adjacent to an activating group) is 1. The second kappa shape index (κ2) is 5.69. The lowest BCUT2D eigenvalue weighted by molar-refractivity contribution is 0.170. The van der Waals surface area contributed by atoms with Crippen LogP contribution in [-0.2, 0) is 5.54 Å². The molecule has 0 amide bonds. The van der Waals surface area contributed by atoms with E-state index in [0.717, 1.165) is 5.56 Å². The Kier molecular flexibility index (Phi) is 4.81. The summed E-state index contributed by atoms with van der Waals surface area (Å²) >= 11 is 11.8. The zero-order valence-electron chi connectivity index (χ0n) is 9.13. The molecule has 2 N–H and O–H groups in total. The molecule has 4 heteroatoms. The van der Waals surface area contributed by atoms with Crippen LogP contribution in [0.3, 0.4) is 0 Å². The predicted octanol–water partition coefficient (Wildman–Crippen LogP) is 2.98. The average Bonchev–Trinajstić information content (AvgIpc) is 2.30. The molecule has 0 spiro atoms. The minimum Gasteiger partial charge on any atom is -0.394 e. The van der Waals surface area contributed by atoms with E-state index < -0.39 is 5.54 Å². The van der Waals surface area contributed by atoms with Gasteiger partial charge in [-0.3, -0.25) is 0 Å². The van der Waals surface area contributed by atoms with E-state index in [4.69, 9.17) is 23.2 Å². The van der Waals surface area contributed by atoms with Crippen molar-refractivity contribution in [3.8, 4) is 0 Å². The summed E-state index contributed by atoms with van der Waals surface area (Å²) in [6, 6.07) is 5.34. The fraction of sp³-hybridized carbons (Fsp3) is 0.333. The first-order valence-corrected chi connectivity index (χ1v) is 5.71. The molecule has 0 aliphatic carbocycles. The molecule has 88 valence electrons. The van der Waals surface area contributed by atoms with Crippen molar-refractivity contribution in [2.45, 2.75) is 12.0 Å². The molecule has 0 saturated carbocycles. The lowest BCUT2D eigenvalue weighted by Gasteiger charge is -2.31. The Morgan fingerprint density at radius 3 is 2.56 bits per heavy atom. The first-order valence-electron chi connectivity index (χ1n) is 4.96. The maximum absolute atomic E-state index is 9.53. The molecule has 1 unspecified atom stereocenters. The van der Waals surface area contributed by atoms with Crippen LogP contribution < -0.4 is 5.32 Å². The second-order valence-electron chi connectivity index (χ2n) is 3.61. The van der Waals surface area contributed by atoms with Gasteiger partial charge >= 0.3 is 0 Å². The first-order chi connectivity index (χ1) is 7.59. The topological polar surface area (TPSA) is 32.3 Å². The van der Waals surface area contributed by atoms with Crippen LogP contribution in [0.4, 0.5) is 0 Å². The molecule has 2 nitrogen and oxygen atoms in total. The summed E-state index contributed by atoms with van der Waals surface area (Å²) in [6.07, 6.45) is 2.37. The average molecular weight is 260 g/mol. The highest BCUT2D eigenvalue weighted by Gasteiger charge is 2.28. The van der Waals surface area contributed by atoms with E-state index >= 15 is 0 Å². The van der Waals surface area contributed by atoms with Crippen molar-refractivity contribution >= 4 is 23.2 Å². The number of nitrogens with one attached hydrogen (secondary N) is 1. The number of rotatable bonds is 5. The van der Waals surface area contributed by atoms with E-state index in [1.807, 2.05) is 6.07 Å². The van der Waals surface area contributed by atoms with Crippen LogP contribution in [-0.4, -0.2) is 18.8 Å². The van der Waals surface area contributed by atoms with E-state index in [1.165, 1.54) is 0 Å². The second-order valence-corrected chi connectivity index (χ2v) is 4.43. The van der Waals surface area contributed by atoms with Crippen molar-refractivity contribution in [1.29, 1.82) is 0 Å². The van der Waals surface area contributed by atoms with Crippen molar-refractivity contribution < 1.29 is 5.11 Å². The van der Waals surface area contributed by atoms with Gasteiger partial charge in [0.15, 0.2) is 0 Å². The Bertz CT molecular complexity index is 375. The third-order valence-electron chi connectivity index (χ3n) is 2.71. The molecular weight excluding hydrogens is 245 g/mol. The molecule has 0 heterocycles. The zero-order valence-corrected chi connectivity index (χ0v) is 10.6. The van der Waals surface area contributed by atoms with Crippen LogP contribution in [0, 0.1) is 0 Å². The molecular formula is C12H15Cl2NO. The molecule has 0 radical (unpaired) electrons. The van der Waals surface area contributed by atoms with Gasteiger partial charge < -0.3 is 10.4 Å². The third-order valence-corrected chi connectivity index (χ3v) is 3.45. The fourth-order valence-electron chi connectivity index (χ4n) is 1.64. The zero-order chi connectivity index (χ0) is 12.2. The minimum absolute atomic E-state index is 0.0342. The van der Waals surface area contributed by atoms with Crippen molar-refractivity contribution in [3.63, 3.8) is 0 Å². The number of aliphatic hydroxyl groups is 1. The molecule has 0 aliphatic rings. The molecule has 0 aliphatic heterocycles. The Balaban J connectivity index is 3.19. The van der Waals surface area contributed by atoms with Crippen LogP contribution in [0.15, 0.2) is 30.9 Å². The lowest BCUT2D eigenvalue weighted by Crippen LogP contribution is -2.43. The van der Waals surface area contributed by atoms with Gasteiger partial charge in [0.2, 0.25) is 0 Å². The lowest BCUT2D eigenvalue weighted by atomic mass is 9.87. The highest BCUT2D eigenvalue weighted by molar-refractivity contribution is 6.42. The van der Waals surface area contributed by atoms with Gasteiger partial charge in [0, 0.05) is 0 Å². The molecule has 0 bridgehead atoms. The molecule has 0 fully saturated rings. The highest BCUT2D eigenvalue weighted by atomic mass is 35.5.